The molecule has 0 radical (unpaired) electrons. The number of nitrogens with zero attached hydrogens (tertiary/aromatic N) is 8. The number of carbonyl (C=O) groups excluding carboxylic acids is 2. The summed E-state index contributed by atoms with van der Waals surface area (Å²) in [6.45, 7) is 11.1. The molecular weight excluding hydrogens is 1630 g/mol. The molecule has 10 aromatic carbocycles. The molecule has 0 aliphatic rings. The summed E-state index contributed by atoms with van der Waals surface area (Å²) in [5.41, 5.74) is 30.0. The summed E-state index contributed by atoms with van der Waals surface area (Å²) in [5, 5.41) is 5.70. The number of carbonyl (C=O) groups is 2. The van der Waals surface area contributed by atoms with Crippen molar-refractivity contribution in [1.29, 1.82) is 0 Å². The molecule has 8 heterocycles. The van der Waals surface area contributed by atoms with Gasteiger partial charge in [0.1, 0.15) is 11.2 Å². The summed E-state index contributed by atoms with van der Waals surface area (Å²) in [4.78, 5) is 53.2. The topological polar surface area (TPSA) is 162 Å². The van der Waals surface area contributed by atoms with Crippen molar-refractivity contribution in [2.75, 3.05) is 10.6 Å². The van der Waals surface area contributed by atoms with E-state index in [1.165, 1.54) is 0 Å². The van der Waals surface area contributed by atoms with Crippen LogP contribution in [0.5, 0.6) is 0 Å². The zero-order chi connectivity index (χ0) is 84.9. The first-order valence-corrected chi connectivity index (χ1v) is 41.2. The van der Waals surface area contributed by atoms with Gasteiger partial charge in [0.05, 0.1) is 45.6 Å². The Morgan fingerprint density at radius 3 is 0.664 bits per heavy atom. The predicted octanol–water partition coefficient (Wildman–Crippen LogP) is 26.3. The van der Waals surface area contributed by atoms with Gasteiger partial charge in [0.25, 0.3) is 0 Å². The third-order valence-corrected chi connectivity index (χ3v) is 20.9. The molecule has 0 spiro atoms. The Morgan fingerprint density at radius 1 is 0.232 bits per heavy atom. The van der Waals surface area contributed by atoms with E-state index in [9.17, 15) is 9.59 Å². The molecule has 0 fully saturated rings. The number of hydrogen-bond acceptors (Lipinski definition) is 10. The quantitative estimate of drug-likeness (QED) is 0.0625. The van der Waals surface area contributed by atoms with Crippen molar-refractivity contribution in [3.8, 4) is 169 Å². The van der Waals surface area contributed by atoms with Crippen LogP contribution < -0.4 is 19.8 Å². The predicted molar refractivity (Wildman–Crippen MR) is 499 cm³/mol. The first kappa shape index (κ1) is 83.2. The molecule has 608 valence electrons. The van der Waals surface area contributed by atoms with Crippen LogP contribution in [0.1, 0.15) is 41.5 Å². The van der Waals surface area contributed by atoms with Gasteiger partial charge < -0.3 is 9.47 Å². The van der Waals surface area contributed by atoms with Crippen LogP contribution in [-0.2, 0) is 29.0 Å². The van der Waals surface area contributed by atoms with Crippen LogP contribution in [0.4, 0.5) is 21.0 Å². The number of amides is 2. The molecule has 0 bridgehead atoms. The maximum atomic E-state index is 12.5. The molecule has 125 heavy (non-hydrogen) atoms. The van der Waals surface area contributed by atoms with Crippen molar-refractivity contribution >= 4 is 23.6 Å². The second-order valence-corrected chi connectivity index (χ2v) is 31.9. The Hall–Kier alpha value is -15.4. The number of anilines is 2. The molecule has 0 saturated heterocycles. The summed E-state index contributed by atoms with van der Waals surface area (Å²) in [5.74, 6) is 0. The molecular formula is C110H88N10O4Ru+2. The second kappa shape index (κ2) is 37.7. The SMILES string of the molecule is CC(C)(C)OC(=O)Nc1ccc(-c2cc(-c3ccccc3)[n+](-c3ccc(-c4ccc(-c5cc(-c6ccccn6)nc(-c6ccccn6)c5)cc4)cc3)c(-c3ccccc3)c2)cc1.CC(C)(C)OC(=O)Nc1ccc(-c2cc(-c3ccccc3)[n+](-c3ccc(-c4ccc(-c5cc(-c6ccccn6)nc(-c6ccccn6)c5)cc4)cc3)c(-c3ccccc3)c2)cc1.[Ru]. The minimum Gasteiger partial charge on any atom is -0.444 e. The van der Waals surface area contributed by atoms with Crippen LogP contribution in [0.2, 0.25) is 0 Å². The number of ether oxygens (including phenoxy) is 2. The van der Waals surface area contributed by atoms with E-state index in [1.807, 2.05) is 187 Å². The molecule has 8 aromatic heterocycles. The number of nitrogens with one attached hydrogen (secondary N) is 2. The number of rotatable bonds is 18. The Labute approximate surface area is 741 Å². The van der Waals surface area contributed by atoms with Gasteiger partial charge >= 0.3 is 12.2 Å². The molecule has 15 heteroatoms. The van der Waals surface area contributed by atoms with Crippen LogP contribution in [0.15, 0.2) is 413 Å². The van der Waals surface area contributed by atoms with Crippen LogP contribution in [0, 0.1) is 0 Å². The first-order chi connectivity index (χ1) is 60.5. The monoisotopic (exact) mass is 1710 g/mol. The number of hydrogen-bond donors (Lipinski definition) is 2. The van der Waals surface area contributed by atoms with Crippen LogP contribution >= 0.6 is 0 Å². The van der Waals surface area contributed by atoms with Crippen LogP contribution in [-0.4, -0.2) is 53.3 Å². The molecule has 18 aromatic rings. The molecule has 14 nitrogen and oxygen atoms in total. The van der Waals surface area contributed by atoms with Gasteiger partial charge in [0.15, 0.2) is 0 Å². The fourth-order valence-electron chi connectivity index (χ4n) is 15.0. The average molecular weight is 1720 g/mol. The van der Waals surface area contributed by atoms with E-state index in [0.29, 0.717) is 11.4 Å². The average Bonchev–Trinajstić information content (AvgIpc) is 0.760. The Morgan fingerprint density at radius 2 is 0.440 bits per heavy atom. The third-order valence-electron chi connectivity index (χ3n) is 20.9. The van der Waals surface area contributed by atoms with Gasteiger partial charge in [-0.15, -0.1) is 0 Å². The number of benzene rings is 10. The van der Waals surface area contributed by atoms with Crippen molar-refractivity contribution in [3.05, 3.63) is 413 Å². The third kappa shape index (κ3) is 20.3. The van der Waals surface area contributed by atoms with Gasteiger partial charge in [-0.2, -0.15) is 9.13 Å². The van der Waals surface area contributed by atoms with Crippen LogP contribution in [0.25, 0.3) is 169 Å². The summed E-state index contributed by atoms with van der Waals surface area (Å²) in [7, 11) is 0. The van der Waals surface area contributed by atoms with E-state index in [4.69, 9.17) is 19.4 Å². The van der Waals surface area contributed by atoms with Crippen molar-refractivity contribution in [2.45, 2.75) is 52.7 Å². The maximum Gasteiger partial charge on any atom is 0.412 e. The van der Waals surface area contributed by atoms with Crippen LogP contribution in [0.3, 0.4) is 0 Å². The van der Waals surface area contributed by atoms with Gasteiger partial charge in [-0.05, 0) is 278 Å². The molecule has 2 N–H and O–H groups in total. The molecule has 0 unspecified atom stereocenters. The van der Waals surface area contributed by atoms with Gasteiger partial charge in [-0.3, -0.25) is 30.6 Å². The minimum atomic E-state index is -0.586. The Balaban J connectivity index is 0.000000183. The van der Waals surface area contributed by atoms with Gasteiger partial charge in [-0.25, -0.2) is 19.6 Å². The van der Waals surface area contributed by atoms with E-state index >= 15 is 0 Å². The van der Waals surface area contributed by atoms with Crippen molar-refractivity contribution in [3.63, 3.8) is 0 Å². The van der Waals surface area contributed by atoms with E-state index < -0.39 is 23.4 Å². The summed E-state index contributed by atoms with van der Waals surface area (Å²) < 4.78 is 15.6. The molecule has 0 saturated carbocycles. The van der Waals surface area contributed by atoms with E-state index in [2.05, 4.69) is 282 Å². The van der Waals surface area contributed by atoms with Crippen molar-refractivity contribution in [1.82, 2.24) is 29.9 Å². The summed E-state index contributed by atoms with van der Waals surface area (Å²) in [6, 6.07) is 133. The molecule has 0 atom stereocenters. The largest absolute Gasteiger partial charge is 0.444 e. The fraction of sp³-hybridized carbons (Fsp3) is 0.0727. The molecule has 18 rings (SSSR count). The van der Waals surface area contributed by atoms with Crippen molar-refractivity contribution < 1.29 is 47.7 Å². The smallest absolute Gasteiger partial charge is 0.412 e. The normalized spacial score (nSPS) is 11.1. The summed E-state index contributed by atoms with van der Waals surface area (Å²) in [6.07, 6.45) is 6.19. The van der Waals surface area contributed by atoms with E-state index in [1.54, 1.807) is 24.8 Å². The number of pyridine rings is 8. The maximum absolute atomic E-state index is 12.5. The Bertz CT molecular complexity index is 6090. The second-order valence-electron chi connectivity index (χ2n) is 31.9. The zero-order valence-electron chi connectivity index (χ0n) is 69.8. The van der Waals surface area contributed by atoms with E-state index in [0.717, 1.165) is 169 Å². The van der Waals surface area contributed by atoms with Gasteiger partial charge in [-0.1, -0.05) is 170 Å². The van der Waals surface area contributed by atoms with Gasteiger partial charge in [0.2, 0.25) is 34.2 Å². The zero-order valence-corrected chi connectivity index (χ0v) is 71.6. The van der Waals surface area contributed by atoms with Crippen molar-refractivity contribution in [2.24, 2.45) is 0 Å². The molecule has 2 amide bonds. The summed E-state index contributed by atoms with van der Waals surface area (Å²) >= 11 is 0. The van der Waals surface area contributed by atoms with Gasteiger partial charge in [0, 0.05) is 126 Å². The van der Waals surface area contributed by atoms with E-state index in [-0.39, 0.29) is 19.5 Å². The first-order valence-electron chi connectivity index (χ1n) is 41.2. The minimum absolute atomic E-state index is 0. The Kier molecular flexibility index (Phi) is 25.1. The number of aromatic nitrogens is 8. The standard InChI is InChI=1S/2C55H43N5O2.Ru/c2*1-55(2,3)62-54(61)58-46-28-24-41(25-29-46)45-36-52(42-14-6-4-7-15-42)60(53(37-45)43-16-8-5-9-17-43)47-30-26-39(27-31-47)38-20-22-40(23-21-38)44-34-50(48-18-10-12-32-56-48)59-51(35-44)49-19-11-13-33-57-49;/h2*4-37H,1-3H3;/p+2. The molecule has 0 aliphatic carbocycles. The fourth-order valence-corrected chi connectivity index (χ4v) is 15.0. The molecule has 0 aliphatic heterocycles.